The van der Waals surface area contributed by atoms with Crippen molar-refractivity contribution in [2.45, 2.75) is 46.3 Å². The predicted molar refractivity (Wildman–Crippen MR) is 68.7 cm³/mol. The van der Waals surface area contributed by atoms with Gasteiger partial charge in [-0.3, -0.25) is 14.4 Å². The van der Waals surface area contributed by atoms with Gasteiger partial charge in [0.1, 0.15) is 6.61 Å². The van der Waals surface area contributed by atoms with Crippen LogP contribution in [0.3, 0.4) is 0 Å². The monoisotopic (exact) mass is 285 g/mol. The summed E-state index contributed by atoms with van der Waals surface area (Å²) in [5, 5.41) is 3.77. The molecule has 7 nitrogen and oxygen atoms in total. The molecule has 0 N–H and O–H groups in total. The Bertz CT molecular complexity index is 420. The second kappa shape index (κ2) is 6.49. The molecular formula is C13H19NO6. The number of hydrogen-bond acceptors (Lipinski definition) is 7. The fraction of sp³-hybridized carbons (Fsp3) is 0.692. The molecule has 1 heterocycles. The lowest BCUT2D eigenvalue weighted by Crippen LogP contribution is -2.49. The molecule has 0 aromatic rings. The minimum atomic E-state index is -1.54. The van der Waals surface area contributed by atoms with Crippen LogP contribution in [0.5, 0.6) is 0 Å². The van der Waals surface area contributed by atoms with E-state index in [2.05, 4.69) is 5.16 Å². The quantitative estimate of drug-likeness (QED) is 0.315. The number of nitrogens with zero attached hydrogens (tertiary/aromatic N) is 1. The molecule has 112 valence electrons. The highest BCUT2D eigenvalue weighted by Crippen LogP contribution is 2.24. The van der Waals surface area contributed by atoms with Crippen molar-refractivity contribution in [2.75, 3.05) is 6.61 Å². The van der Waals surface area contributed by atoms with E-state index in [1.807, 2.05) is 0 Å². The van der Waals surface area contributed by atoms with Crippen molar-refractivity contribution in [2.24, 2.45) is 11.1 Å². The van der Waals surface area contributed by atoms with Crippen molar-refractivity contribution in [1.29, 1.82) is 0 Å². The van der Waals surface area contributed by atoms with Crippen LogP contribution in [0.25, 0.3) is 0 Å². The molecule has 1 saturated heterocycles. The number of ether oxygens (including phenoxy) is 2. The molecule has 0 amide bonds. The van der Waals surface area contributed by atoms with Crippen LogP contribution in [0.4, 0.5) is 0 Å². The molecule has 0 aromatic heterocycles. The molecule has 0 aliphatic carbocycles. The first-order valence-electron chi connectivity index (χ1n) is 6.46. The number of carbonyl (C=O) groups excluding carboxylic acids is 3. The first kappa shape index (κ1) is 16.1. The van der Waals surface area contributed by atoms with Crippen LogP contribution in [0, 0.1) is 5.92 Å². The molecule has 1 aliphatic heterocycles. The SMILES string of the molecule is CCON=C(CC)CC(=O)C1C(=O)OC(C)(C)OC1=O. The fourth-order valence-electron chi connectivity index (χ4n) is 1.66. The van der Waals surface area contributed by atoms with E-state index in [-0.39, 0.29) is 6.42 Å². The Hall–Kier alpha value is -1.92. The number of rotatable bonds is 6. The number of Topliss-reactive ketones (excluding diaryl/α,β-unsaturated/α-hetero) is 1. The molecule has 0 unspecified atom stereocenters. The van der Waals surface area contributed by atoms with Crippen molar-refractivity contribution in [3.8, 4) is 0 Å². The molecule has 0 radical (unpaired) electrons. The third-order valence-electron chi connectivity index (χ3n) is 2.60. The summed E-state index contributed by atoms with van der Waals surface area (Å²) in [5.41, 5.74) is 0.460. The zero-order chi connectivity index (χ0) is 15.3. The fourth-order valence-corrected chi connectivity index (χ4v) is 1.66. The number of esters is 2. The third kappa shape index (κ3) is 4.04. The lowest BCUT2D eigenvalue weighted by Gasteiger charge is -2.32. The standard InChI is InChI=1S/C13H19NO6/c1-5-8(14-18-6-2)7-9(15)10-11(16)19-13(3,4)20-12(10)17/h10H,5-7H2,1-4H3. The number of carbonyl (C=O) groups is 3. The van der Waals surface area contributed by atoms with Gasteiger partial charge in [0.2, 0.25) is 5.92 Å². The average Bonchev–Trinajstić information content (AvgIpc) is 2.31. The molecule has 0 bridgehead atoms. The Morgan fingerprint density at radius 2 is 1.80 bits per heavy atom. The number of ketones is 1. The van der Waals surface area contributed by atoms with Crippen LogP contribution in [0.15, 0.2) is 5.16 Å². The van der Waals surface area contributed by atoms with E-state index < -0.39 is 29.4 Å². The maximum absolute atomic E-state index is 12.0. The summed E-state index contributed by atoms with van der Waals surface area (Å²) in [4.78, 5) is 40.4. The van der Waals surface area contributed by atoms with Gasteiger partial charge in [-0.25, -0.2) is 0 Å². The highest BCUT2D eigenvalue weighted by atomic mass is 16.7. The second-order valence-corrected chi connectivity index (χ2v) is 4.75. The molecule has 0 spiro atoms. The van der Waals surface area contributed by atoms with E-state index in [9.17, 15) is 14.4 Å². The minimum Gasteiger partial charge on any atom is -0.422 e. The van der Waals surface area contributed by atoms with Gasteiger partial charge in [0.25, 0.3) is 5.79 Å². The van der Waals surface area contributed by atoms with Crippen molar-refractivity contribution < 1.29 is 28.7 Å². The van der Waals surface area contributed by atoms with Crippen molar-refractivity contribution in [3.63, 3.8) is 0 Å². The Morgan fingerprint density at radius 1 is 1.25 bits per heavy atom. The number of hydrogen-bond donors (Lipinski definition) is 0. The van der Waals surface area contributed by atoms with Crippen molar-refractivity contribution in [3.05, 3.63) is 0 Å². The van der Waals surface area contributed by atoms with Gasteiger partial charge < -0.3 is 14.3 Å². The molecule has 1 rings (SSSR count). The minimum absolute atomic E-state index is 0.147. The van der Waals surface area contributed by atoms with Gasteiger partial charge in [0.05, 0.1) is 5.71 Å². The van der Waals surface area contributed by atoms with Gasteiger partial charge in [-0.1, -0.05) is 12.1 Å². The molecule has 20 heavy (non-hydrogen) atoms. The zero-order valence-corrected chi connectivity index (χ0v) is 12.1. The average molecular weight is 285 g/mol. The zero-order valence-electron chi connectivity index (χ0n) is 12.1. The summed E-state index contributed by atoms with van der Waals surface area (Å²) in [7, 11) is 0. The molecule has 0 atom stereocenters. The van der Waals surface area contributed by atoms with E-state index in [4.69, 9.17) is 14.3 Å². The smallest absolute Gasteiger partial charge is 0.331 e. The summed E-state index contributed by atoms with van der Waals surface area (Å²) >= 11 is 0. The van der Waals surface area contributed by atoms with E-state index >= 15 is 0 Å². The summed E-state index contributed by atoms with van der Waals surface area (Å²) in [6, 6.07) is 0. The largest absolute Gasteiger partial charge is 0.422 e. The summed E-state index contributed by atoms with van der Waals surface area (Å²) in [6.45, 7) is 6.79. The van der Waals surface area contributed by atoms with Crippen LogP contribution >= 0.6 is 0 Å². The van der Waals surface area contributed by atoms with Gasteiger partial charge in [0, 0.05) is 20.3 Å². The number of cyclic esters (lactones) is 2. The molecule has 0 saturated carbocycles. The van der Waals surface area contributed by atoms with Crippen LogP contribution in [0.1, 0.15) is 40.5 Å². The van der Waals surface area contributed by atoms with E-state index in [0.29, 0.717) is 18.7 Å². The first-order valence-corrected chi connectivity index (χ1v) is 6.46. The van der Waals surface area contributed by atoms with Gasteiger partial charge >= 0.3 is 11.9 Å². The van der Waals surface area contributed by atoms with Crippen LogP contribution in [-0.2, 0) is 28.7 Å². The van der Waals surface area contributed by atoms with Gasteiger partial charge in [-0.05, 0) is 13.3 Å². The Balaban J connectivity index is 2.77. The summed E-state index contributed by atoms with van der Waals surface area (Å²) < 4.78 is 9.80. The van der Waals surface area contributed by atoms with Crippen molar-refractivity contribution in [1.82, 2.24) is 0 Å². The van der Waals surface area contributed by atoms with Crippen LogP contribution in [-0.4, -0.2) is 35.8 Å². The van der Waals surface area contributed by atoms with Gasteiger partial charge in [-0.2, -0.15) is 0 Å². The van der Waals surface area contributed by atoms with Crippen LogP contribution < -0.4 is 0 Å². The predicted octanol–water partition coefficient (Wildman–Crippen LogP) is 1.20. The van der Waals surface area contributed by atoms with Crippen LogP contribution in [0.2, 0.25) is 0 Å². The first-order chi connectivity index (χ1) is 9.30. The van der Waals surface area contributed by atoms with Gasteiger partial charge in [0.15, 0.2) is 5.78 Å². The van der Waals surface area contributed by atoms with E-state index in [0.717, 1.165) is 0 Å². The number of oxime groups is 1. The third-order valence-corrected chi connectivity index (χ3v) is 2.60. The molecule has 1 aliphatic rings. The molecule has 0 aromatic carbocycles. The highest BCUT2D eigenvalue weighted by molar-refractivity contribution is 6.20. The summed E-state index contributed by atoms with van der Waals surface area (Å²) in [5.74, 6) is -5.25. The molecule has 1 fully saturated rings. The lowest BCUT2D eigenvalue weighted by atomic mass is 9.97. The normalized spacial score (nSPS) is 19.3. The Kier molecular flexibility index (Phi) is 5.24. The van der Waals surface area contributed by atoms with E-state index in [1.165, 1.54) is 13.8 Å². The highest BCUT2D eigenvalue weighted by Gasteiger charge is 2.47. The maximum Gasteiger partial charge on any atom is 0.331 e. The maximum atomic E-state index is 12.0. The Labute approximate surface area is 117 Å². The second-order valence-electron chi connectivity index (χ2n) is 4.75. The molecular weight excluding hydrogens is 266 g/mol. The molecule has 7 heteroatoms. The van der Waals surface area contributed by atoms with E-state index in [1.54, 1.807) is 13.8 Å². The Morgan fingerprint density at radius 3 is 2.25 bits per heavy atom. The van der Waals surface area contributed by atoms with Crippen molar-refractivity contribution >= 4 is 23.4 Å². The summed E-state index contributed by atoms with van der Waals surface area (Å²) in [6.07, 6.45) is 0.333. The lowest BCUT2D eigenvalue weighted by molar-refractivity contribution is -0.238. The van der Waals surface area contributed by atoms with Gasteiger partial charge in [-0.15, -0.1) is 0 Å². The topological polar surface area (TPSA) is 91.3 Å².